The zero-order chi connectivity index (χ0) is 14.4. The summed E-state index contributed by atoms with van der Waals surface area (Å²) >= 11 is 0. The van der Waals surface area contributed by atoms with E-state index in [4.69, 9.17) is 0 Å². The van der Waals surface area contributed by atoms with Gasteiger partial charge in [-0.15, -0.1) is 0 Å². The first-order chi connectivity index (χ1) is 8.88. The summed E-state index contributed by atoms with van der Waals surface area (Å²) in [6.07, 6.45) is 1.93. The first kappa shape index (κ1) is 15.5. The third kappa shape index (κ3) is 5.77. The highest BCUT2D eigenvalue weighted by Crippen LogP contribution is 2.08. The summed E-state index contributed by atoms with van der Waals surface area (Å²) in [4.78, 5) is 9.94. The van der Waals surface area contributed by atoms with Gasteiger partial charge in [-0.05, 0) is 20.3 Å². The van der Waals surface area contributed by atoms with E-state index in [1.807, 2.05) is 6.92 Å². The van der Waals surface area contributed by atoms with Gasteiger partial charge in [-0.2, -0.15) is 5.10 Å². The molecule has 0 saturated carbocycles. The molecule has 0 amide bonds. The Morgan fingerprint density at radius 2 is 2.21 bits per heavy atom. The molecule has 19 heavy (non-hydrogen) atoms. The van der Waals surface area contributed by atoms with Crippen LogP contribution in [0.1, 0.15) is 20.3 Å². The van der Waals surface area contributed by atoms with Crippen LogP contribution in [-0.4, -0.2) is 49.7 Å². The molecule has 8 heteroatoms. The Morgan fingerprint density at radius 3 is 2.74 bits per heavy atom. The number of hydrogen-bond donors (Lipinski definition) is 3. The first-order valence-corrected chi connectivity index (χ1v) is 6.15. The van der Waals surface area contributed by atoms with Crippen molar-refractivity contribution in [1.82, 2.24) is 15.1 Å². The highest BCUT2D eigenvalue weighted by molar-refractivity contribution is 5.20. The minimum atomic E-state index is -0.698. The second-order valence-corrected chi connectivity index (χ2v) is 4.73. The van der Waals surface area contributed by atoms with E-state index >= 15 is 0 Å². The van der Waals surface area contributed by atoms with E-state index in [9.17, 15) is 20.3 Å². The molecule has 3 unspecified atom stereocenters. The minimum Gasteiger partial charge on any atom is -0.393 e. The van der Waals surface area contributed by atoms with Gasteiger partial charge in [0.1, 0.15) is 12.4 Å². The van der Waals surface area contributed by atoms with Crippen LogP contribution in [0.2, 0.25) is 0 Å². The molecule has 0 aliphatic carbocycles. The molecule has 1 aromatic heterocycles. The maximum atomic E-state index is 10.5. The molecule has 0 aliphatic heterocycles. The lowest BCUT2D eigenvalue weighted by atomic mass is 10.1. The Labute approximate surface area is 111 Å². The molecule has 0 bridgehead atoms. The molecule has 0 spiro atoms. The summed E-state index contributed by atoms with van der Waals surface area (Å²) in [6, 6.07) is 0.0848. The van der Waals surface area contributed by atoms with Crippen molar-refractivity contribution < 1.29 is 15.1 Å². The quantitative estimate of drug-likeness (QED) is 0.450. The Hall–Kier alpha value is -1.51. The summed E-state index contributed by atoms with van der Waals surface area (Å²) in [5.74, 6) is 0. The molecule has 0 radical (unpaired) electrons. The van der Waals surface area contributed by atoms with Gasteiger partial charge < -0.3 is 15.5 Å². The van der Waals surface area contributed by atoms with E-state index in [0.29, 0.717) is 13.0 Å². The number of rotatable bonds is 8. The molecule has 108 valence electrons. The van der Waals surface area contributed by atoms with Crippen molar-refractivity contribution in [3.63, 3.8) is 0 Å². The third-order valence-electron chi connectivity index (χ3n) is 2.62. The fourth-order valence-electron chi connectivity index (χ4n) is 1.76. The lowest BCUT2D eigenvalue weighted by molar-refractivity contribution is -0.385. The zero-order valence-corrected chi connectivity index (χ0v) is 11.1. The van der Waals surface area contributed by atoms with Crippen molar-refractivity contribution in [1.29, 1.82) is 0 Å². The van der Waals surface area contributed by atoms with E-state index in [1.54, 1.807) is 6.92 Å². The van der Waals surface area contributed by atoms with Gasteiger partial charge in [-0.3, -0.25) is 14.8 Å². The van der Waals surface area contributed by atoms with Crippen LogP contribution < -0.4 is 5.32 Å². The van der Waals surface area contributed by atoms with Gasteiger partial charge in [0.2, 0.25) is 0 Å². The van der Waals surface area contributed by atoms with Crippen molar-refractivity contribution in [2.45, 2.75) is 45.1 Å². The van der Waals surface area contributed by atoms with Crippen LogP contribution in [-0.2, 0) is 6.54 Å². The summed E-state index contributed by atoms with van der Waals surface area (Å²) < 4.78 is 1.34. The number of nitrogens with zero attached hydrogens (tertiary/aromatic N) is 3. The third-order valence-corrected chi connectivity index (χ3v) is 2.62. The van der Waals surface area contributed by atoms with Gasteiger partial charge in [0.15, 0.2) is 0 Å². The Kier molecular flexibility index (Phi) is 5.87. The second kappa shape index (κ2) is 7.17. The number of hydrogen-bond acceptors (Lipinski definition) is 6. The largest absolute Gasteiger partial charge is 0.393 e. The fourth-order valence-corrected chi connectivity index (χ4v) is 1.76. The minimum absolute atomic E-state index is 0.0848. The van der Waals surface area contributed by atoms with Crippen LogP contribution >= 0.6 is 0 Å². The molecular weight excluding hydrogens is 252 g/mol. The van der Waals surface area contributed by atoms with E-state index in [0.717, 1.165) is 6.20 Å². The lowest BCUT2D eigenvalue weighted by Crippen LogP contribution is -2.37. The summed E-state index contributed by atoms with van der Waals surface area (Å²) in [7, 11) is 0. The predicted molar refractivity (Wildman–Crippen MR) is 68.7 cm³/mol. The lowest BCUT2D eigenvalue weighted by Gasteiger charge is -2.18. The van der Waals surface area contributed by atoms with Crippen LogP contribution in [0.3, 0.4) is 0 Å². The molecule has 0 aromatic carbocycles. The van der Waals surface area contributed by atoms with Crippen molar-refractivity contribution in [3.05, 3.63) is 22.5 Å². The number of aliphatic hydroxyl groups is 2. The smallest absolute Gasteiger partial charge is 0.306 e. The summed E-state index contributed by atoms with van der Waals surface area (Å²) in [5.41, 5.74) is -0.0948. The van der Waals surface area contributed by atoms with Crippen LogP contribution in [0, 0.1) is 10.1 Å². The van der Waals surface area contributed by atoms with Gasteiger partial charge in [0.25, 0.3) is 0 Å². The van der Waals surface area contributed by atoms with Crippen molar-refractivity contribution >= 4 is 5.69 Å². The standard InChI is InChI=1S/C11H20N4O4/c1-8(3-9(2)16)12-5-11(17)7-14-6-10(4-13-14)15(18)19/h4,6,8-9,11-12,16-17H,3,5,7H2,1-2H3. The van der Waals surface area contributed by atoms with Crippen LogP contribution in [0.5, 0.6) is 0 Å². The second-order valence-electron chi connectivity index (χ2n) is 4.73. The average molecular weight is 272 g/mol. The van der Waals surface area contributed by atoms with Gasteiger partial charge >= 0.3 is 5.69 Å². The molecule has 0 saturated heterocycles. The van der Waals surface area contributed by atoms with Gasteiger partial charge in [0.05, 0.1) is 23.7 Å². The van der Waals surface area contributed by atoms with Crippen molar-refractivity contribution in [2.24, 2.45) is 0 Å². The van der Waals surface area contributed by atoms with E-state index in [2.05, 4.69) is 10.4 Å². The Morgan fingerprint density at radius 1 is 1.53 bits per heavy atom. The van der Waals surface area contributed by atoms with E-state index in [-0.39, 0.29) is 18.3 Å². The molecule has 3 atom stereocenters. The molecular formula is C11H20N4O4. The predicted octanol–water partition coefficient (Wildman–Crippen LogP) is -0.0988. The average Bonchev–Trinajstić information content (AvgIpc) is 2.74. The number of nitrogens with one attached hydrogen (secondary N) is 1. The van der Waals surface area contributed by atoms with Crippen LogP contribution in [0.4, 0.5) is 5.69 Å². The normalized spacial score (nSPS) is 16.0. The number of aliphatic hydroxyl groups excluding tert-OH is 2. The van der Waals surface area contributed by atoms with Gasteiger partial charge in [-0.25, -0.2) is 0 Å². The van der Waals surface area contributed by atoms with Crippen LogP contribution in [0.15, 0.2) is 12.4 Å². The number of nitro groups is 1. The monoisotopic (exact) mass is 272 g/mol. The summed E-state index contributed by atoms with van der Waals surface area (Å²) in [6.45, 7) is 4.14. The fraction of sp³-hybridized carbons (Fsp3) is 0.727. The Bertz CT molecular complexity index is 407. The topological polar surface area (TPSA) is 113 Å². The van der Waals surface area contributed by atoms with E-state index < -0.39 is 17.1 Å². The molecule has 8 nitrogen and oxygen atoms in total. The zero-order valence-electron chi connectivity index (χ0n) is 11.1. The highest BCUT2D eigenvalue weighted by Gasteiger charge is 2.13. The number of aromatic nitrogens is 2. The molecule has 1 heterocycles. The van der Waals surface area contributed by atoms with Gasteiger partial charge in [0, 0.05) is 12.6 Å². The molecule has 3 N–H and O–H groups in total. The molecule has 1 rings (SSSR count). The van der Waals surface area contributed by atoms with E-state index in [1.165, 1.54) is 10.9 Å². The van der Waals surface area contributed by atoms with Crippen molar-refractivity contribution in [3.8, 4) is 0 Å². The highest BCUT2D eigenvalue weighted by atomic mass is 16.6. The maximum Gasteiger partial charge on any atom is 0.306 e. The molecule has 1 aromatic rings. The van der Waals surface area contributed by atoms with Crippen LogP contribution in [0.25, 0.3) is 0 Å². The SMILES string of the molecule is CC(O)CC(C)NCC(O)Cn1cc([N+](=O)[O-])cn1. The maximum absolute atomic E-state index is 10.5. The summed E-state index contributed by atoms with van der Waals surface area (Å²) in [5, 5.41) is 36.3. The molecule has 0 aliphatic rings. The van der Waals surface area contributed by atoms with Gasteiger partial charge in [-0.1, -0.05) is 0 Å². The Balaban J connectivity index is 2.34. The van der Waals surface area contributed by atoms with Crippen molar-refractivity contribution in [2.75, 3.05) is 6.54 Å². The first-order valence-electron chi connectivity index (χ1n) is 6.15. The molecule has 0 fully saturated rings.